The monoisotopic (exact) mass is 450 g/mol. The van der Waals surface area contributed by atoms with E-state index >= 15 is 0 Å². The van der Waals surface area contributed by atoms with Crippen molar-refractivity contribution in [2.24, 2.45) is 0 Å². The Labute approximate surface area is 186 Å². The normalized spacial score (nSPS) is 18.3. The number of benzene rings is 2. The third-order valence-electron chi connectivity index (χ3n) is 5.94. The molecule has 11 heteroatoms. The molecule has 2 aromatic carbocycles. The molecule has 33 heavy (non-hydrogen) atoms. The van der Waals surface area contributed by atoms with Gasteiger partial charge >= 0.3 is 11.3 Å². The fraction of sp³-hybridized carbons (Fsp3) is 0.273. The van der Waals surface area contributed by atoms with E-state index in [1.165, 1.54) is 28.9 Å². The lowest BCUT2D eigenvalue weighted by Crippen LogP contribution is -2.47. The summed E-state index contributed by atoms with van der Waals surface area (Å²) in [4.78, 5) is 51.8. The fourth-order valence-electron chi connectivity index (χ4n) is 4.16. The Bertz CT molecular complexity index is 1280. The molecule has 1 saturated heterocycles. The average Bonchev–Trinajstić information content (AvgIpc) is 3.53. The molecule has 0 radical (unpaired) electrons. The molecule has 1 saturated carbocycles. The summed E-state index contributed by atoms with van der Waals surface area (Å²) >= 11 is 0. The van der Waals surface area contributed by atoms with Crippen LogP contribution in [0.2, 0.25) is 0 Å². The smallest absolute Gasteiger partial charge is 0.283 e. The summed E-state index contributed by atoms with van der Waals surface area (Å²) in [7, 11) is 0. The summed E-state index contributed by atoms with van der Waals surface area (Å²) in [5.41, 5.74) is 0.638. The number of rotatable bonds is 7. The second kappa shape index (κ2) is 8.10. The van der Waals surface area contributed by atoms with Gasteiger partial charge in [0.25, 0.3) is 11.6 Å². The van der Waals surface area contributed by atoms with Crippen molar-refractivity contribution in [2.75, 3.05) is 4.90 Å². The molecule has 1 atom stereocenters. The number of nitro groups is 1. The number of anilines is 1. The van der Waals surface area contributed by atoms with Gasteiger partial charge in [0.15, 0.2) is 0 Å². The van der Waals surface area contributed by atoms with Gasteiger partial charge in [0.05, 0.1) is 29.6 Å². The number of carbonyl (C=O) groups is 2. The largest absolute Gasteiger partial charge is 0.431 e. The Morgan fingerprint density at radius 2 is 1.79 bits per heavy atom. The van der Waals surface area contributed by atoms with E-state index < -0.39 is 22.5 Å². The van der Waals surface area contributed by atoms with E-state index in [0.717, 1.165) is 17.7 Å². The number of non-ortho nitro benzene ring substituents is 1. The minimum atomic E-state index is -0.737. The molecular formula is C22H20N5O6+. The van der Waals surface area contributed by atoms with Gasteiger partial charge in [-0.2, -0.15) is 0 Å². The van der Waals surface area contributed by atoms with Crippen LogP contribution in [-0.2, 0) is 16.1 Å². The highest BCUT2D eigenvalue weighted by Gasteiger charge is 2.48. The molecule has 168 valence electrons. The Hall–Kier alpha value is -4.12. The van der Waals surface area contributed by atoms with Gasteiger partial charge in [-0.15, -0.1) is 0 Å². The van der Waals surface area contributed by atoms with Crippen molar-refractivity contribution in [2.45, 2.75) is 37.9 Å². The third-order valence-corrected chi connectivity index (χ3v) is 5.94. The molecule has 3 aromatic rings. The van der Waals surface area contributed by atoms with E-state index in [0.29, 0.717) is 11.4 Å². The molecular weight excluding hydrogens is 430 g/mol. The van der Waals surface area contributed by atoms with Crippen molar-refractivity contribution in [3.8, 4) is 5.69 Å². The van der Waals surface area contributed by atoms with Crippen molar-refractivity contribution in [3.63, 3.8) is 0 Å². The predicted molar refractivity (Wildman–Crippen MR) is 113 cm³/mol. The van der Waals surface area contributed by atoms with Crippen LogP contribution in [0.4, 0.5) is 11.4 Å². The van der Waals surface area contributed by atoms with Crippen LogP contribution in [-0.4, -0.2) is 39.0 Å². The summed E-state index contributed by atoms with van der Waals surface area (Å²) in [6, 6.07) is 13.8. The van der Waals surface area contributed by atoms with Crippen LogP contribution in [0.3, 0.4) is 0 Å². The number of nitrogens with zero attached hydrogens (tertiary/aromatic N) is 4. The molecule has 2 fully saturated rings. The second-order valence-corrected chi connectivity index (χ2v) is 8.06. The molecule has 1 aliphatic heterocycles. The minimum absolute atomic E-state index is 0.0343. The first kappa shape index (κ1) is 20.8. The number of hydrogen-bond donors (Lipinski definition) is 1. The minimum Gasteiger partial charge on any atom is -0.283 e. The van der Waals surface area contributed by atoms with Crippen molar-refractivity contribution in [1.82, 2.24) is 10.2 Å². The van der Waals surface area contributed by atoms with Crippen LogP contribution in [0.1, 0.15) is 25.0 Å². The zero-order chi connectivity index (χ0) is 23.1. The quantitative estimate of drug-likeness (QED) is 0.249. The molecule has 1 unspecified atom stereocenters. The van der Waals surface area contributed by atoms with Gasteiger partial charge in [0.1, 0.15) is 0 Å². The van der Waals surface area contributed by atoms with Crippen LogP contribution in [0.15, 0.2) is 63.9 Å². The lowest BCUT2D eigenvalue weighted by molar-refractivity contribution is -0.678. The van der Waals surface area contributed by atoms with Crippen molar-refractivity contribution >= 4 is 23.2 Å². The maximum atomic E-state index is 13.3. The average molecular weight is 450 g/mol. The van der Waals surface area contributed by atoms with Gasteiger partial charge in [0, 0.05) is 30.3 Å². The Morgan fingerprint density at radius 1 is 1.09 bits per heavy atom. The number of hydrogen-bond acceptors (Lipinski definition) is 7. The second-order valence-electron chi connectivity index (χ2n) is 8.06. The maximum Gasteiger partial charge on any atom is 0.431 e. The van der Waals surface area contributed by atoms with E-state index in [1.807, 2.05) is 35.2 Å². The topological polar surface area (TPSA) is 134 Å². The molecule has 0 spiro atoms. The summed E-state index contributed by atoms with van der Waals surface area (Å²) in [6.45, 7) is 0.128. The predicted octanol–water partition coefficient (Wildman–Crippen LogP) is 1.45. The van der Waals surface area contributed by atoms with Crippen LogP contribution >= 0.6 is 0 Å². The number of carbonyl (C=O) groups excluding carboxylic acids is 2. The van der Waals surface area contributed by atoms with Gasteiger partial charge in [0.2, 0.25) is 11.6 Å². The zero-order valence-electron chi connectivity index (χ0n) is 17.4. The standard InChI is InChI=1S/C22H19N5O6/c28-20-12-18(21(29)25(20)15-8-10-17(11-9-15)27(31)32)24(14-6-7-14)13-19-22(30)33-23-26(19)16-4-2-1-3-5-16/h1-5,8-11,14,18H,6-7,12-13H2/p+1. The molecule has 1 aliphatic carbocycles. The number of aromatic nitrogens is 2. The summed E-state index contributed by atoms with van der Waals surface area (Å²) in [6.07, 6.45) is 1.68. The molecule has 11 nitrogen and oxygen atoms in total. The van der Waals surface area contributed by atoms with Gasteiger partial charge < -0.3 is 0 Å². The first-order valence-corrected chi connectivity index (χ1v) is 10.5. The Balaban J connectivity index is 1.43. The number of imide groups is 1. The lowest BCUT2D eigenvalue weighted by atomic mass is 10.2. The van der Waals surface area contributed by atoms with E-state index in [1.54, 1.807) is 0 Å². The van der Waals surface area contributed by atoms with Gasteiger partial charge in [-0.3, -0.25) is 29.1 Å². The van der Waals surface area contributed by atoms with Crippen LogP contribution in [0.5, 0.6) is 0 Å². The number of amides is 2. The van der Waals surface area contributed by atoms with E-state index in [4.69, 9.17) is 4.52 Å². The van der Waals surface area contributed by atoms with E-state index in [-0.39, 0.29) is 36.3 Å². The van der Waals surface area contributed by atoms with Crippen LogP contribution in [0, 0.1) is 10.1 Å². The number of aromatic amines is 1. The molecule has 0 bridgehead atoms. The Morgan fingerprint density at radius 3 is 2.42 bits per heavy atom. The van der Waals surface area contributed by atoms with Gasteiger partial charge in [-0.25, -0.2) is 9.69 Å². The summed E-state index contributed by atoms with van der Waals surface area (Å²) < 4.78 is 6.56. The van der Waals surface area contributed by atoms with Crippen molar-refractivity contribution < 1.29 is 23.7 Å². The molecule has 2 heterocycles. The molecule has 5 rings (SSSR count). The van der Waals surface area contributed by atoms with E-state index in [9.17, 15) is 24.5 Å². The molecule has 1 aromatic heterocycles. The van der Waals surface area contributed by atoms with Crippen LogP contribution in [0.25, 0.3) is 5.69 Å². The maximum absolute atomic E-state index is 13.3. The van der Waals surface area contributed by atoms with Gasteiger partial charge in [-0.1, -0.05) is 18.2 Å². The summed E-state index contributed by atoms with van der Waals surface area (Å²) in [5.74, 6) is -0.798. The lowest BCUT2D eigenvalue weighted by Gasteiger charge is -2.25. The number of nitrogens with one attached hydrogen (secondary N) is 1. The highest BCUT2D eigenvalue weighted by Crippen LogP contribution is 2.35. The summed E-state index contributed by atoms with van der Waals surface area (Å²) in [5, 5.41) is 13.5. The zero-order valence-corrected chi connectivity index (χ0v) is 17.4. The van der Waals surface area contributed by atoms with Crippen molar-refractivity contribution in [1.29, 1.82) is 0 Å². The van der Waals surface area contributed by atoms with Crippen LogP contribution < -0.4 is 15.2 Å². The fourth-order valence-corrected chi connectivity index (χ4v) is 4.16. The SMILES string of the molecule is O=C1CC(N(Cc2c(=O)o[nH][n+]2-c2ccccc2)C2CC2)C(=O)N1c1ccc([N+](=O)[O-])cc1. The molecule has 2 aliphatic rings. The number of nitro benzene ring substituents is 1. The highest BCUT2D eigenvalue weighted by atomic mass is 16.6. The third kappa shape index (κ3) is 3.82. The first-order valence-electron chi connectivity index (χ1n) is 10.5. The number of para-hydroxylation sites is 1. The van der Waals surface area contributed by atoms with Gasteiger partial charge in [-0.05, 0) is 34.9 Å². The van der Waals surface area contributed by atoms with E-state index in [2.05, 4.69) is 5.27 Å². The Kier molecular flexibility index (Phi) is 5.09. The van der Waals surface area contributed by atoms with Crippen molar-refractivity contribution in [3.05, 3.63) is 80.8 Å². The first-order chi connectivity index (χ1) is 15.9. The molecule has 1 N–H and O–H groups in total. The number of H-pyrrole nitrogens is 1. The highest BCUT2D eigenvalue weighted by molar-refractivity contribution is 6.22. The molecule has 2 amide bonds.